The fraction of sp³-hybridized carbons (Fsp3) is 0.294. The molecule has 0 aliphatic rings. The molecular formula is C17H19FO2. The van der Waals surface area contributed by atoms with Gasteiger partial charge in [0.1, 0.15) is 11.6 Å². The van der Waals surface area contributed by atoms with Crippen LogP contribution in [0.1, 0.15) is 28.4 Å². The minimum Gasteiger partial charge on any atom is -0.496 e. The number of aryl methyl sites for hydroxylation is 1. The lowest BCUT2D eigenvalue weighted by Crippen LogP contribution is -2.06. The summed E-state index contributed by atoms with van der Waals surface area (Å²) in [7, 11) is 1.61. The molecule has 0 spiro atoms. The van der Waals surface area contributed by atoms with Crippen LogP contribution in [0.3, 0.4) is 0 Å². The average molecular weight is 274 g/mol. The molecule has 0 bridgehead atoms. The SMILES string of the molecule is COc1c(C(O)Cc2ccc(F)cc2)ccc(C)c1C. The van der Waals surface area contributed by atoms with Crippen LogP contribution in [0.2, 0.25) is 0 Å². The van der Waals surface area contributed by atoms with Crippen LogP contribution in [0.15, 0.2) is 36.4 Å². The number of benzene rings is 2. The second-order valence-corrected chi connectivity index (χ2v) is 4.98. The fourth-order valence-electron chi connectivity index (χ4n) is 2.30. The van der Waals surface area contributed by atoms with Crippen molar-refractivity contribution < 1.29 is 14.2 Å². The molecule has 0 saturated carbocycles. The molecule has 0 saturated heterocycles. The van der Waals surface area contributed by atoms with Crippen molar-refractivity contribution in [2.75, 3.05) is 7.11 Å². The molecule has 2 aromatic carbocycles. The van der Waals surface area contributed by atoms with Gasteiger partial charge in [-0.1, -0.05) is 24.3 Å². The summed E-state index contributed by atoms with van der Waals surface area (Å²) in [5.41, 5.74) is 3.81. The normalized spacial score (nSPS) is 12.2. The maximum atomic E-state index is 12.9. The summed E-state index contributed by atoms with van der Waals surface area (Å²) in [5, 5.41) is 10.4. The Morgan fingerprint density at radius 2 is 1.75 bits per heavy atom. The number of rotatable bonds is 4. The second kappa shape index (κ2) is 6.06. The first-order chi connectivity index (χ1) is 9.52. The van der Waals surface area contributed by atoms with Gasteiger partial charge in [0.05, 0.1) is 13.2 Å². The zero-order valence-corrected chi connectivity index (χ0v) is 12.0. The molecular weight excluding hydrogens is 255 g/mol. The topological polar surface area (TPSA) is 29.5 Å². The van der Waals surface area contributed by atoms with E-state index < -0.39 is 6.10 Å². The summed E-state index contributed by atoms with van der Waals surface area (Å²) in [6.07, 6.45) is -0.242. The second-order valence-electron chi connectivity index (χ2n) is 4.98. The smallest absolute Gasteiger partial charge is 0.127 e. The standard InChI is InChI=1S/C17H19FO2/c1-11-4-9-15(17(20-3)12(11)2)16(19)10-13-5-7-14(18)8-6-13/h4-9,16,19H,10H2,1-3H3. The third kappa shape index (κ3) is 2.99. The summed E-state index contributed by atoms with van der Waals surface area (Å²) < 4.78 is 18.3. The molecule has 1 unspecified atom stereocenters. The Morgan fingerprint density at radius 3 is 2.35 bits per heavy atom. The number of hydrogen-bond acceptors (Lipinski definition) is 2. The lowest BCUT2D eigenvalue weighted by molar-refractivity contribution is 0.174. The van der Waals surface area contributed by atoms with Crippen LogP contribution in [0, 0.1) is 19.7 Å². The van der Waals surface area contributed by atoms with Gasteiger partial charge < -0.3 is 9.84 Å². The van der Waals surface area contributed by atoms with E-state index in [0.29, 0.717) is 6.42 Å². The highest BCUT2D eigenvalue weighted by Gasteiger charge is 2.16. The maximum Gasteiger partial charge on any atom is 0.127 e. The van der Waals surface area contributed by atoms with Gasteiger partial charge in [-0.05, 0) is 42.7 Å². The van der Waals surface area contributed by atoms with E-state index in [0.717, 1.165) is 28.0 Å². The van der Waals surface area contributed by atoms with Gasteiger partial charge in [0.2, 0.25) is 0 Å². The van der Waals surface area contributed by atoms with Crippen molar-refractivity contribution in [1.82, 2.24) is 0 Å². The third-order valence-electron chi connectivity index (χ3n) is 3.61. The molecule has 0 aliphatic heterocycles. The molecule has 2 aromatic rings. The number of hydrogen-bond donors (Lipinski definition) is 1. The highest BCUT2D eigenvalue weighted by atomic mass is 19.1. The van der Waals surface area contributed by atoms with Gasteiger partial charge in [-0.3, -0.25) is 0 Å². The summed E-state index contributed by atoms with van der Waals surface area (Å²) in [4.78, 5) is 0. The zero-order valence-electron chi connectivity index (χ0n) is 12.0. The van der Waals surface area contributed by atoms with Crippen molar-refractivity contribution >= 4 is 0 Å². The quantitative estimate of drug-likeness (QED) is 0.920. The molecule has 0 heterocycles. The fourth-order valence-corrected chi connectivity index (χ4v) is 2.30. The molecule has 0 aliphatic carbocycles. The van der Waals surface area contributed by atoms with Crippen LogP contribution in [-0.2, 0) is 6.42 Å². The van der Waals surface area contributed by atoms with Gasteiger partial charge >= 0.3 is 0 Å². The number of aliphatic hydroxyl groups is 1. The predicted molar refractivity (Wildman–Crippen MR) is 77.5 cm³/mol. The number of aliphatic hydroxyl groups excluding tert-OH is 1. The minimum absolute atomic E-state index is 0.271. The van der Waals surface area contributed by atoms with E-state index in [1.807, 2.05) is 26.0 Å². The van der Waals surface area contributed by atoms with Crippen LogP contribution in [0.4, 0.5) is 4.39 Å². The van der Waals surface area contributed by atoms with Gasteiger partial charge in [0.15, 0.2) is 0 Å². The first-order valence-corrected chi connectivity index (χ1v) is 6.59. The molecule has 2 nitrogen and oxygen atoms in total. The molecule has 3 heteroatoms. The zero-order chi connectivity index (χ0) is 14.7. The molecule has 1 atom stereocenters. The van der Waals surface area contributed by atoms with Gasteiger partial charge in [0, 0.05) is 12.0 Å². The van der Waals surface area contributed by atoms with Crippen LogP contribution in [0.5, 0.6) is 5.75 Å². The van der Waals surface area contributed by atoms with Gasteiger partial charge in [0.25, 0.3) is 0 Å². The number of methoxy groups -OCH3 is 1. The van der Waals surface area contributed by atoms with Crippen molar-refractivity contribution in [2.24, 2.45) is 0 Å². The Morgan fingerprint density at radius 1 is 1.10 bits per heavy atom. The summed E-state index contributed by atoms with van der Waals surface area (Å²) in [5.74, 6) is 0.451. The first-order valence-electron chi connectivity index (χ1n) is 6.59. The van der Waals surface area contributed by atoms with E-state index >= 15 is 0 Å². The molecule has 2 rings (SSSR count). The minimum atomic E-state index is -0.672. The summed E-state index contributed by atoms with van der Waals surface area (Å²) >= 11 is 0. The van der Waals surface area contributed by atoms with E-state index in [1.165, 1.54) is 12.1 Å². The van der Waals surface area contributed by atoms with Crippen molar-refractivity contribution in [3.63, 3.8) is 0 Å². The maximum absolute atomic E-state index is 12.9. The highest BCUT2D eigenvalue weighted by Crippen LogP contribution is 2.32. The molecule has 0 fully saturated rings. The lowest BCUT2D eigenvalue weighted by Gasteiger charge is -2.18. The van der Waals surface area contributed by atoms with Crippen molar-refractivity contribution in [3.8, 4) is 5.75 Å². The number of ether oxygens (including phenoxy) is 1. The van der Waals surface area contributed by atoms with Gasteiger partial charge in [-0.15, -0.1) is 0 Å². The van der Waals surface area contributed by atoms with Crippen molar-refractivity contribution in [1.29, 1.82) is 0 Å². The van der Waals surface area contributed by atoms with Gasteiger partial charge in [-0.2, -0.15) is 0 Å². The van der Waals surface area contributed by atoms with Crippen LogP contribution < -0.4 is 4.74 Å². The van der Waals surface area contributed by atoms with Crippen LogP contribution in [0.25, 0.3) is 0 Å². The Bertz CT molecular complexity index is 591. The molecule has 1 N–H and O–H groups in total. The van der Waals surface area contributed by atoms with Crippen LogP contribution in [-0.4, -0.2) is 12.2 Å². The first kappa shape index (κ1) is 14.5. The van der Waals surface area contributed by atoms with E-state index in [4.69, 9.17) is 4.74 Å². The predicted octanol–water partition coefficient (Wildman–Crippen LogP) is 3.73. The Hall–Kier alpha value is -1.87. The Balaban J connectivity index is 2.27. The van der Waals surface area contributed by atoms with E-state index in [1.54, 1.807) is 19.2 Å². The van der Waals surface area contributed by atoms with E-state index in [9.17, 15) is 9.50 Å². The molecule has 0 radical (unpaired) electrons. The van der Waals surface area contributed by atoms with Crippen LogP contribution >= 0.6 is 0 Å². The molecule has 0 aromatic heterocycles. The summed E-state index contributed by atoms with van der Waals surface area (Å²) in [6, 6.07) is 10.0. The highest BCUT2D eigenvalue weighted by molar-refractivity contribution is 5.46. The number of halogens is 1. The average Bonchev–Trinajstić information content (AvgIpc) is 2.44. The summed E-state index contributed by atoms with van der Waals surface area (Å²) in [6.45, 7) is 3.98. The Kier molecular flexibility index (Phi) is 4.40. The van der Waals surface area contributed by atoms with Gasteiger partial charge in [-0.25, -0.2) is 4.39 Å². The van der Waals surface area contributed by atoms with Crippen molar-refractivity contribution in [2.45, 2.75) is 26.4 Å². The third-order valence-corrected chi connectivity index (χ3v) is 3.61. The van der Waals surface area contributed by atoms with E-state index in [-0.39, 0.29) is 5.82 Å². The molecule has 106 valence electrons. The van der Waals surface area contributed by atoms with Crippen molar-refractivity contribution in [3.05, 3.63) is 64.5 Å². The molecule has 20 heavy (non-hydrogen) atoms. The van der Waals surface area contributed by atoms with E-state index in [2.05, 4.69) is 0 Å². The largest absolute Gasteiger partial charge is 0.496 e. The monoisotopic (exact) mass is 274 g/mol. The Labute approximate surface area is 118 Å². The lowest BCUT2D eigenvalue weighted by atomic mass is 9.96. The molecule has 0 amide bonds.